The minimum absolute atomic E-state index is 0.205. The summed E-state index contributed by atoms with van der Waals surface area (Å²) in [4.78, 5) is 5.45. The number of benzene rings is 2. The summed E-state index contributed by atoms with van der Waals surface area (Å²) < 4.78 is 11.9. The van der Waals surface area contributed by atoms with Crippen molar-refractivity contribution in [3.05, 3.63) is 59.8 Å². The van der Waals surface area contributed by atoms with Gasteiger partial charge in [0.15, 0.2) is 0 Å². The predicted molar refractivity (Wildman–Crippen MR) is 111 cm³/mol. The molecule has 5 nitrogen and oxygen atoms in total. The molecule has 0 radical (unpaired) electrons. The van der Waals surface area contributed by atoms with E-state index in [-0.39, 0.29) is 12.7 Å². The van der Waals surface area contributed by atoms with Crippen LogP contribution < -0.4 is 9.47 Å². The number of aromatic amines is 1. The Kier molecular flexibility index (Phi) is 6.05. The normalized spacial score (nSPS) is 16.9. The first-order valence-corrected chi connectivity index (χ1v) is 10.1. The first kappa shape index (κ1) is 19.1. The SMILES string of the molecule is OC(COc1cccc2cc[nH]c12)CN1CCC(Oc2ccc(Cl)cc2)CC1. The second kappa shape index (κ2) is 8.86. The highest BCUT2D eigenvalue weighted by atomic mass is 35.5. The van der Waals surface area contributed by atoms with Crippen LogP contribution in [0.1, 0.15) is 12.8 Å². The molecule has 0 amide bonds. The Bertz CT molecular complexity index is 888. The summed E-state index contributed by atoms with van der Waals surface area (Å²) in [5, 5.41) is 12.2. The lowest BCUT2D eigenvalue weighted by atomic mass is 10.1. The van der Waals surface area contributed by atoms with E-state index in [4.69, 9.17) is 21.1 Å². The zero-order valence-corrected chi connectivity index (χ0v) is 16.4. The number of hydrogen-bond acceptors (Lipinski definition) is 4. The molecule has 148 valence electrons. The molecule has 1 atom stereocenters. The Hall–Kier alpha value is -2.21. The molecule has 1 unspecified atom stereocenters. The third-order valence-corrected chi connectivity index (χ3v) is 5.35. The minimum atomic E-state index is -0.529. The molecule has 0 bridgehead atoms. The second-order valence-electron chi connectivity index (χ2n) is 7.23. The molecule has 2 heterocycles. The van der Waals surface area contributed by atoms with Crippen LogP contribution in [0.3, 0.4) is 0 Å². The van der Waals surface area contributed by atoms with Crippen LogP contribution in [0.15, 0.2) is 54.7 Å². The monoisotopic (exact) mass is 400 g/mol. The van der Waals surface area contributed by atoms with Gasteiger partial charge < -0.3 is 24.5 Å². The highest BCUT2D eigenvalue weighted by Crippen LogP contribution is 2.24. The molecule has 6 heteroatoms. The number of aliphatic hydroxyl groups excluding tert-OH is 1. The maximum absolute atomic E-state index is 10.4. The molecule has 3 aromatic rings. The van der Waals surface area contributed by atoms with E-state index in [1.807, 2.05) is 54.7 Å². The van der Waals surface area contributed by atoms with Crippen molar-refractivity contribution in [2.45, 2.75) is 25.0 Å². The topological polar surface area (TPSA) is 57.7 Å². The van der Waals surface area contributed by atoms with E-state index in [2.05, 4.69) is 9.88 Å². The van der Waals surface area contributed by atoms with Crippen LogP contribution in [0.2, 0.25) is 5.02 Å². The fourth-order valence-electron chi connectivity index (χ4n) is 3.63. The number of H-pyrrole nitrogens is 1. The average Bonchev–Trinajstić information content (AvgIpc) is 3.19. The number of nitrogens with one attached hydrogen (secondary N) is 1. The van der Waals surface area contributed by atoms with Crippen LogP contribution in [0.5, 0.6) is 11.5 Å². The van der Waals surface area contributed by atoms with Crippen LogP contribution in [-0.4, -0.2) is 53.4 Å². The zero-order valence-electron chi connectivity index (χ0n) is 15.7. The number of ether oxygens (including phenoxy) is 2. The molecular weight excluding hydrogens is 376 g/mol. The van der Waals surface area contributed by atoms with Crippen molar-refractivity contribution in [1.82, 2.24) is 9.88 Å². The van der Waals surface area contributed by atoms with Gasteiger partial charge in [0, 0.05) is 36.2 Å². The standard InChI is InChI=1S/C22H25ClN2O3/c23-17-4-6-19(7-5-17)28-20-9-12-25(13-10-20)14-18(26)15-27-21-3-1-2-16-8-11-24-22(16)21/h1-8,11,18,20,24,26H,9-10,12-15H2. The van der Waals surface area contributed by atoms with Crippen LogP contribution in [-0.2, 0) is 0 Å². The smallest absolute Gasteiger partial charge is 0.143 e. The summed E-state index contributed by atoms with van der Waals surface area (Å²) in [6, 6.07) is 15.4. The lowest BCUT2D eigenvalue weighted by molar-refractivity contribution is 0.0404. The van der Waals surface area contributed by atoms with E-state index in [0.29, 0.717) is 11.6 Å². The van der Waals surface area contributed by atoms with Gasteiger partial charge in [-0.15, -0.1) is 0 Å². The fraction of sp³-hybridized carbons (Fsp3) is 0.364. The number of para-hydroxylation sites is 1. The average molecular weight is 401 g/mol. The Labute approximate surface area is 169 Å². The maximum atomic E-state index is 10.4. The number of fused-ring (bicyclic) bond motifs is 1. The Morgan fingerprint density at radius 3 is 2.68 bits per heavy atom. The number of likely N-dealkylation sites (tertiary alicyclic amines) is 1. The molecule has 1 fully saturated rings. The molecular formula is C22H25ClN2O3. The first-order valence-electron chi connectivity index (χ1n) is 9.69. The van der Waals surface area contributed by atoms with Crippen molar-refractivity contribution in [2.24, 2.45) is 0 Å². The largest absolute Gasteiger partial charge is 0.490 e. The number of halogens is 1. The fourth-order valence-corrected chi connectivity index (χ4v) is 3.75. The van der Waals surface area contributed by atoms with E-state index in [9.17, 15) is 5.11 Å². The predicted octanol–water partition coefficient (Wildman–Crippen LogP) is 4.10. The zero-order chi connectivity index (χ0) is 19.3. The maximum Gasteiger partial charge on any atom is 0.143 e. The van der Waals surface area contributed by atoms with E-state index >= 15 is 0 Å². The van der Waals surface area contributed by atoms with Crippen molar-refractivity contribution in [1.29, 1.82) is 0 Å². The van der Waals surface area contributed by atoms with Gasteiger partial charge in [0.25, 0.3) is 0 Å². The molecule has 1 aliphatic rings. The highest BCUT2D eigenvalue weighted by molar-refractivity contribution is 6.30. The van der Waals surface area contributed by atoms with Gasteiger partial charge >= 0.3 is 0 Å². The third-order valence-electron chi connectivity index (χ3n) is 5.10. The second-order valence-corrected chi connectivity index (χ2v) is 7.67. The summed E-state index contributed by atoms with van der Waals surface area (Å²) in [6.07, 6.45) is 3.45. The van der Waals surface area contributed by atoms with Gasteiger partial charge in [0.05, 0.1) is 5.52 Å². The van der Waals surface area contributed by atoms with Gasteiger partial charge in [-0.3, -0.25) is 0 Å². The first-order chi connectivity index (χ1) is 13.7. The summed E-state index contributed by atoms with van der Waals surface area (Å²) in [5.41, 5.74) is 0.967. The van der Waals surface area contributed by atoms with E-state index < -0.39 is 6.10 Å². The molecule has 2 aromatic carbocycles. The summed E-state index contributed by atoms with van der Waals surface area (Å²) in [7, 11) is 0. The van der Waals surface area contributed by atoms with Crippen LogP contribution in [0.25, 0.3) is 10.9 Å². The molecule has 4 rings (SSSR count). The minimum Gasteiger partial charge on any atom is -0.490 e. The van der Waals surface area contributed by atoms with Crippen molar-refractivity contribution in [3.8, 4) is 11.5 Å². The van der Waals surface area contributed by atoms with E-state index in [1.54, 1.807) is 0 Å². The summed E-state index contributed by atoms with van der Waals surface area (Å²) >= 11 is 5.91. The molecule has 1 saturated heterocycles. The van der Waals surface area contributed by atoms with Gasteiger partial charge in [-0.05, 0) is 49.2 Å². The van der Waals surface area contributed by atoms with Crippen LogP contribution >= 0.6 is 11.6 Å². The third kappa shape index (κ3) is 4.79. The number of aromatic nitrogens is 1. The quantitative estimate of drug-likeness (QED) is 0.626. The van der Waals surface area contributed by atoms with Crippen molar-refractivity contribution >= 4 is 22.5 Å². The Morgan fingerprint density at radius 2 is 1.89 bits per heavy atom. The van der Waals surface area contributed by atoms with Gasteiger partial charge in [-0.25, -0.2) is 0 Å². The molecule has 28 heavy (non-hydrogen) atoms. The molecule has 1 aliphatic heterocycles. The molecule has 2 N–H and O–H groups in total. The van der Waals surface area contributed by atoms with Gasteiger partial charge in [-0.2, -0.15) is 0 Å². The highest BCUT2D eigenvalue weighted by Gasteiger charge is 2.22. The molecule has 0 aliphatic carbocycles. The van der Waals surface area contributed by atoms with Crippen LogP contribution in [0.4, 0.5) is 0 Å². The number of nitrogens with zero attached hydrogens (tertiary/aromatic N) is 1. The number of β-amino-alcohol motifs (C(OH)–C–C–N with tert-alkyl or cyclic N) is 1. The number of piperidine rings is 1. The lowest BCUT2D eigenvalue weighted by Gasteiger charge is -2.33. The number of aliphatic hydroxyl groups is 1. The van der Waals surface area contributed by atoms with Crippen molar-refractivity contribution in [2.75, 3.05) is 26.2 Å². The number of rotatable bonds is 7. The van der Waals surface area contributed by atoms with Gasteiger partial charge in [0.1, 0.15) is 30.3 Å². The van der Waals surface area contributed by atoms with E-state index in [0.717, 1.165) is 48.3 Å². The van der Waals surface area contributed by atoms with E-state index in [1.165, 1.54) is 0 Å². The molecule has 1 aromatic heterocycles. The van der Waals surface area contributed by atoms with Crippen LogP contribution in [0, 0.1) is 0 Å². The lowest BCUT2D eigenvalue weighted by Crippen LogP contribution is -2.43. The molecule has 0 saturated carbocycles. The van der Waals surface area contributed by atoms with Gasteiger partial charge in [0.2, 0.25) is 0 Å². The number of hydrogen-bond donors (Lipinski definition) is 2. The van der Waals surface area contributed by atoms with Gasteiger partial charge in [-0.1, -0.05) is 23.7 Å². The Balaban J connectivity index is 1.21. The van der Waals surface area contributed by atoms with Crippen molar-refractivity contribution < 1.29 is 14.6 Å². The summed E-state index contributed by atoms with van der Waals surface area (Å²) in [5.74, 6) is 1.63. The summed E-state index contributed by atoms with van der Waals surface area (Å²) in [6.45, 7) is 2.69. The molecule has 0 spiro atoms. The van der Waals surface area contributed by atoms with Crippen molar-refractivity contribution in [3.63, 3.8) is 0 Å². The Morgan fingerprint density at radius 1 is 1.11 bits per heavy atom.